The zero-order valence-corrected chi connectivity index (χ0v) is 10.8. The van der Waals surface area contributed by atoms with Crippen LogP contribution in [0.1, 0.15) is 5.82 Å². The molecule has 0 bridgehead atoms. The maximum absolute atomic E-state index is 12.0. The molecule has 0 aliphatic rings. The van der Waals surface area contributed by atoms with Crippen molar-refractivity contribution in [1.82, 2.24) is 25.3 Å². The third-order valence-electron chi connectivity index (χ3n) is 2.32. The van der Waals surface area contributed by atoms with Crippen LogP contribution >= 0.6 is 0 Å². The highest BCUT2D eigenvalue weighted by Gasteiger charge is 2.16. The van der Waals surface area contributed by atoms with Gasteiger partial charge in [-0.1, -0.05) is 5.21 Å². The van der Waals surface area contributed by atoms with Crippen molar-refractivity contribution in [2.75, 3.05) is 12.8 Å². The molecule has 0 aliphatic carbocycles. The van der Waals surface area contributed by atoms with E-state index in [1.54, 1.807) is 0 Å². The van der Waals surface area contributed by atoms with Gasteiger partial charge in [-0.3, -0.25) is 0 Å². The van der Waals surface area contributed by atoms with E-state index in [0.29, 0.717) is 11.4 Å². The van der Waals surface area contributed by atoms with Crippen molar-refractivity contribution in [3.8, 4) is 5.75 Å². The molecule has 0 fully saturated rings. The molecule has 9 nitrogen and oxygen atoms in total. The first kappa shape index (κ1) is 13.2. The zero-order valence-electron chi connectivity index (χ0n) is 9.99. The summed E-state index contributed by atoms with van der Waals surface area (Å²) in [6, 6.07) is 4.19. The molecule has 0 spiro atoms. The highest BCUT2D eigenvalue weighted by molar-refractivity contribution is 7.89. The van der Waals surface area contributed by atoms with E-state index >= 15 is 0 Å². The van der Waals surface area contributed by atoms with Crippen LogP contribution in [0.3, 0.4) is 0 Å². The zero-order chi connectivity index (χ0) is 13.9. The van der Waals surface area contributed by atoms with E-state index in [4.69, 9.17) is 10.5 Å². The lowest BCUT2D eigenvalue weighted by molar-refractivity contribution is 0.415. The molecule has 2 aromatic rings. The fourth-order valence-electron chi connectivity index (χ4n) is 1.36. The Balaban J connectivity index is 2.19. The van der Waals surface area contributed by atoms with Crippen LogP contribution in [0.15, 0.2) is 23.1 Å². The summed E-state index contributed by atoms with van der Waals surface area (Å²) in [5, 5.41) is 12.8. The third kappa shape index (κ3) is 2.98. The SMILES string of the molecule is COc1cc(S(=O)(=O)NCc2nn[nH]n2)ccc1N. The van der Waals surface area contributed by atoms with Crippen molar-refractivity contribution in [3.05, 3.63) is 24.0 Å². The summed E-state index contributed by atoms with van der Waals surface area (Å²) in [6.07, 6.45) is 0. The van der Waals surface area contributed by atoms with Crippen LogP contribution < -0.4 is 15.2 Å². The number of rotatable bonds is 5. The van der Waals surface area contributed by atoms with Crippen molar-refractivity contribution in [3.63, 3.8) is 0 Å². The van der Waals surface area contributed by atoms with E-state index in [1.165, 1.54) is 25.3 Å². The number of methoxy groups -OCH3 is 1. The van der Waals surface area contributed by atoms with E-state index in [0.717, 1.165) is 0 Å². The summed E-state index contributed by atoms with van der Waals surface area (Å²) in [7, 11) is -2.28. The first-order valence-electron chi connectivity index (χ1n) is 5.18. The Kier molecular flexibility index (Phi) is 3.62. The minimum absolute atomic E-state index is 0.0436. The molecule has 1 aromatic heterocycles. The van der Waals surface area contributed by atoms with Crippen molar-refractivity contribution in [2.24, 2.45) is 0 Å². The minimum Gasteiger partial charge on any atom is -0.495 e. The number of nitrogens with one attached hydrogen (secondary N) is 2. The Morgan fingerprint density at radius 1 is 1.47 bits per heavy atom. The second-order valence-corrected chi connectivity index (χ2v) is 5.32. The second-order valence-electron chi connectivity index (χ2n) is 3.56. The fraction of sp³-hybridized carbons (Fsp3) is 0.222. The maximum Gasteiger partial charge on any atom is 0.241 e. The number of aromatic amines is 1. The number of hydrogen-bond acceptors (Lipinski definition) is 7. The molecule has 0 unspecified atom stereocenters. The topological polar surface area (TPSA) is 136 Å². The number of nitrogens with zero attached hydrogens (tertiary/aromatic N) is 3. The van der Waals surface area contributed by atoms with Gasteiger partial charge in [0, 0.05) is 6.07 Å². The van der Waals surface area contributed by atoms with Crippen molar-refractivity contribution >= 4 is 15.7 Å². The van der Waals surface area contributed by atoms with Crippen LogP contribution in [0, 0.1) is 0 Å². The number of aromatic nitrogens is 4. The number of hydrogen-bond donors (Lipinski definition) is 3. The maximum atomic E-state index is 12.0. The lowest BCUT2D eigenvalue weighted by atomic mass is 10.3. The van der Waals surface area contributed by atoms with Crippen molar-refractivity contribution in [1.29, 1.82) is 0 Å². The summed E-state index contributed by atoms with van der Waals surface area (Å²) in [5.74, 6) is 0.536. The molecular weight excluding hydrogens is 272 g/mol. The Hall–Kier alpha value is -2.20. The summed E-state index contributed by atoms with van der Waals surface area (Å²) in [6.45, 7) is -0.0640. The molecule has 0 aliphatic heterocycles. The fourth-order valence-corrected chi connectivity index (χ4v) is 2.35. The van der Waals surface area contributed by atoms with Crippen LogP contribution in [0.25, 0.3) is 0 Å². The third-order valence-corrected chi connectivity index (χ3v) is 3.72. The van der Waals surface area contributed by atoms with E-state index in [9.17, 15) is 8.42 Å². The van der Waals surface area contributed by atoms with Gasteiger partial charge in [-0.05, 0) is 12.1 Å². The van der Waals surface area contributed by atoms with Gasteiger partial charge in [-0.25, -0.2) is 13.1 Å². The molecule has 102 valence electrons. The molecule has 0 saturated carbocycles. The molecule has 1 heterocycles. The Labute approximate surface area is 109 Å². The first-order chi connectivity index (χ1) is 9.03. The molecule has 0 radical (unpaired) electrons. The molecule has 0 atom stereocenters. The number of H-pyrrole nitrogens is 1. The molecule has 4 N–H and O–H groups in total. The van der Waals surface area contributed by atoms with Gasteiger partial charge in [0.05, 0.1) is 24.2 Å². The number of anilines is 1. The van der Waals surface area contributed by atoms with Gasteiger partial charge >= 0.3 is 0 Å². The Morgan fingerprint density at radius 2 is 2.26 bits per heavy atom. The standard InChI is InChI=1S/C9H12N6O3S/c1-18-8-4-6(2-3-7(8)10)19(16,17)11-5-9-12-14-15-13-9/h2-4,11H,5,10H2,1H3,(H,12,13,14,15). The predicted molar refractivity (Wildman–Crippen MR) is 65.6 cm³/mol. The number of ether oxygens (including phenoxy) is 1. The van der Waals surface area contributed by atoms with Gasteiger partial charge in [-0.15, -0.1) is 10.2 Å². The van der Waals surface area contributed by atoms with Crippen LogP contribution in [-0.2, 0) is 16.6 Å². The van der Waals surface area contributed by atoms with E-state index in [1.807, 2.05) is 0 Å². The lowest BCUT2D eigenvalue weighted by Crippen LogP contribution is -2.24. The Morgan fingerprint density at radius 3 is 2.89 bits per heavy atom. The summed E-state index contributed by atoms with van der Waals surface area (Å²) in [5.41, 5.74) is 5.98. The van der Waals surface area contributed by atoms with Crippen LogP contribution in [0.5, 0.6) is 5.75 Å². The van der Waals surface area contributed by atoms with E-state index in [2.05, 4.69) is 25.3 Å². The van der Waals surface area contributed by atoms with Crippen molar-refractivity contribution < 1.29 is 13.2 Å². The molecule has 0 amide bonds. The normalized spacial score (nSPS) is 11.4. The largest absolute Gasteiger partial charge is 0.495 e. The van der Waals surface area contributed by atoms with Gasteiger partial charge in [0.25, 0.3) is 0 Å². The van der Waals surface area contributed by atoms with Crippen LogP contribution in [0.2, 0.25) is 0 Å². The number of nitrogens with two attached hydrogens (primary N) is 1. The van der Waals surface area contributed by atoms with Gasteiger partial charge in [0.15, 0.2) is 5.82 Å². The van der Waals surface area contributed by atoms with E-state index in [-0.39, 0.29) is 17.3 Å². The molecule has 0 saturated heterocycles. The summed E-state index contributed by atoms with van der Waals surface area (Å²) < 4.78 is 31.3. The lowest BCUT2D eigenvalue weighted by Gasteiger charge is -2.08. The highest BCUT2D eigenvalue weighted by Crippen LogP contribution is 2.24. The van der Waals surface area contributed by atoms with Crippen molar-refractivity contribution in [2.45, 2.75) is 11.4 Å². The summed E-state index contributed by atoms with van der Waals surface area (Å²) in [4.78, 5) is 0.0436. The Bertz CT molecular complexity index is 655. The van der Waals surface area contributed by atoms with E-state index < -0.39 is 10.0 Å². The molecular formula is C9H12N6O3S. The van der Waals surface area contributed by atoms with Gasteiger partial charge in [0.1, 0.15) is 5.75 Å². The number of benzene rings is 1. The number of sulfonamides is 1. The number of tetrazole rings is 1. The molecule has 1 aromatic carbocycles. The smallest absolute Gasteiger partial charge is 0.241 e. The second kappa shape index (κ2) is 5.20. The van der Waals surface area contributed by atoms with Crippen LogP contribution in [0.4, 0.5) is 5.69 Å². The summed E-state index contributed by atoms with van der Waals surface area (Å²) >= 11 is 0. The molecule has 19 heavy (non-hydrogen) atoms. The molecule has 2 rings (SSSR count). The predicted octanol–water partition coefficient (Wildman–Crippen LogP) is -0.731. The van der Waals surface area contributed by atoms with Gasteiger partial charge < -0.3 is 10.5 Å². The highest BCUT2D eigenvalue weighted by atomic mass is 32.2. The average molecular weight is 284 g/mol. The average Bonchev–Trinajstić information content (AvgIpc) is 2.90. The number of nitrogen functional groups attached to an aromatic ring is 1. The molecule has 10 heteroatoms. The first-order valence-corrected chi connectivity index (χ1v) is 6.67. The minimum atomic E-state index is -3.69. The van der Waals surface area contributed by atoms with Crippen LogP contribution in [-0.4, -0.2) is 36.2 Å². The van der Waals surface area contributed by atoms with Gasteiger partial charge in [0.2, 0.25) is 10.0 Å². The monoisotopic (exact) mass is 284 g/mol. The van der Waals surface area contributed by atoms with Gasteiger partial charge in [-0.2, -0.15) is 5.21 Å². The quantitative estimate of drug-likeness (QED) is 0.615.